The topological polar surface area (TPSA) is 27.7 Å². The maximum absolute atomic E-state index is 6.27. The fourth-order valence-electron chi connectivity index (χ4n) is 4.42. The predicted octanol–water partition coefficient (Wildman–Crippen LogP) is 2.93. The highest BCUT2D eigenvalue weighted by Crippen LogP contribution is 2.65. The Morgan fingerprint density at radius 2 is 2.00 bits per heavy atom. The van der Waals surface area contributed by atoms with Gasteiger partial charge < -0.3 is 14.0 Å². The zero-order valence-corrected chi connectivity index (χ0v) is 12.9. The van der Waals surface area contributed by atoms with Crippen LogP contribution in [0.5, 0.6) is 0 Å². The van der Waals surface area contributed by atoms with E-state index in [0.717, 1.165) is 18.9 Å². The lowest BCUT2D eigenvalue weighted by Crippen LogP contribution is -2.65. The van der Waals surface area contributed by atoms with E-state index in [0.29, 0.717) is 23.8 Å². The monoisotopic (exact) mass is 266 g/mol. The van der Waals surface area contributed by atoms with Crippen molar-refractivity contribution >= 4 is 7.12 Å². The summed E-state index contributed by atoms with van der Waals surface area (Å²) in [4.78, 5) is 0. The summed E-state index contributed by atoms with van der Waals surface area (Å²) >= 11 is 0. The fourth-order valence-corrected chi connectivity index (χ4v) is 4.42. The van der Waals surface area contributed by atoms with Crippen molar-refractivity contribution in [3.63, 3.8) is 0 Å². The molecule has 4 aliphatic rings. The van der Waals surface area contributed by atoms with Crippen molar-refractivity contribution in [2.45, 2.75) is 59.2 Å². The van der Waals surface area contributed by atoms with Gasteiger partial charge in [-0.2, -0.15) is 0 Å². The molecule has 19 heavy (non-hydrogen) atoms. The number of hydrogen-bond acceptors (Lipinski definition) is 3. The average molecular weight is 266 g/mol. The van der Waals surface area contributed by atoms with Crippen molar-refractivity contribution in [2.24, 2.45) is 23.2 Å². The first-order valence-corrected chi connectivity index (χ1v) is 7.75. The largest absolute Gasteiger partial charge is 0.485 e. The predicted molar refractivity (Wildman–Crippen MR) is 75.8 cm³/mol. The van der Waals surface area contributed by atoms with Gasteiger partial charge in [0.2, 0.25) is 0 Å². The summed E-state index contributed by atoms with van der Waals surface area (Å²) in [5.74, 6) is 2.01. The highest BCUT2D eigenvalue weighted by Gasteiger charge is 2.67. The maximum Gasteiger partial charge on any atom is 0.485 e. The molecule has 3 saturated carbocycles. The van der Waals surface area contributed by atoms with Gasteiger partial charge in [0.15, 0.2) is 0 Å². The van der Waals surface area contributed by atoms with Crippen LogP contribution in [0.1, 0.15) is 47.5 Å². The third kappa shape index (κ3) is 2.07. The molecule has 0 N–H and O–H groups in total. The molecule has 0 unspecified atom stereocenters. The van der Waals surface area contributed by atoms with Crippen LogP contribution in [0.15, 0.2) is 0 Å². The molecule has 4 heteroatoms. The molecule has 0 spiro atoms. The number of rotatable bonds is 4. The lowest BCUT2D eigenvalue weighted by Gasteiger charge is -2.64. The second-order valence-corrected chi connectivity index (χ2v) is 7.83. The second-order valence-electron chi connectivity index (χ2n) is 7.83. The minimum absolute atomic E-state index is 0.0931. The molecule has 108 valence electrons. The first-order valence-electron chi connectivity index (χ1n) is 7.75. The van der Waals surface area contributed by atoms with E-state index in [1.165, 1.54) is 6.42 Å². The van der Waals surface area contributed by atoms with Crippen LogP contribution in [0.4, 0.5) is 0 Å². The van der Waals surface area contributed by atoms with Gasteiger partial charge in [0.1, 0.15) is 0 Å². The standard InChI is InChI=1S/C15H27BO3/c1-10(2)8-17-9-16-18-13-7-11-6-12(14(11,3)4)15(13,5)19-16/h10-13H,6-9H2,1-5H3/t11-,12-,13+,15-/m0/s1. The van der Waals surface area contributed by atoms with Crippen molar-refractivity contribution in [3.05, 3.63) is 0 Å². The van der Waals surface area contributed by atoms with Crippen molar-refractivity contribution < 1.29 is 14.0 Å². The third-order valence-corrected chi connectivity index (χ3v) is 5.71. The zero-order chi connectivity index (χ0) is 13.8. The molecule has 0 aromatic rings. The van der Waals surface area contributed by atoms with Gasteiger partial charge in [-0.25, -0.2) is 0 Å². The van der Waals surface area contributed by atoms with E-state index in [-0.39, 0.29) is 18.8 Å². The molecular formula is C15H27BO3. The molecule has 0 amide bonds. The Morgan fingerprint density at radius 1 is 1.26 bits per heavy atom. The lowest BCUT2D eigenvalue weighted by molar-refractivity contribution is -0.199. The van der Waals surface area contributed by atoms with Crippen LogP contribution in [0.2, 0.25) is 0 Å². The summed E-state index contributed by atoms with van der Waals surface area (Å²) in [5, 5.41) is 0. The van der Waals surface area contributed by atoms with Gasteiger partial charge in [-0.3, -0.25) is 0 Å². The first-order chi connectivity index (χ1) is 8.84. The Labute approximate surface area is 117 Å². The molecular weight excluding hydrogens is 239 g/mol. The highest BCUT2D eigenvalue weighted by atomic mass is 16.7. The van der Waals surface area contributed by atoms with E-state index in [2.05, 4.69) is 34.6 Å². The van der Waals surface area contributed by atoms with Crippen molar-refractivity contribution in [3.8, 4) is 0 Å². The van der Waals surface area contributed by atoms with Gasteiger partial charge in [-0.05, 0) is 42.9 Å². The average Bonchev–Trinajstić information content (AvgIpc) is 2.63. The van der Waals surface area contributed by atoms with Crippen molar-refractivity contribution in [1.29, 1.82) is 0 Å². The minimum Gasteiger partial charge on any atom is -0.404 e. The van der Waals surface area contributed by atoms with E-state index < -0.39 is 0 Å². The van der Waals surface area contributed by atoms with Crippen molar-refractivity contribution in [2.75, 3.05) is 13.1 Å². The number of hydrogen-bond donors (Lipinski definition) is 0. The normalized spacial score (nSPS) is 43.3. The summed E-state index contributed by atoms with van der Waals surface area (Å²) in [6.45, 7) is 12.7. The van der Waals surface area contributed by atoms with Crippen LogP contribution in [0, 0.1) is 23.2 Å². The fraction of sp³-hybridized carbons (Fsp3) is 1.00. The van der Waals surface area contributed by atoms with E-state index in [9.17, 15) is 0 Å². The van der Waals surface area contributed by atoms with E-state index in [4.69, 9.17) is 14.0 Å². The Kier molecular flexibility index (Phi) is 3.27. The van der Waals surface area contributed by atoms with Gasteiger partial charge in [0.25, 0.3) is 0 Å². The molecule has 0 aromatic heterocycles. The highest BCUT2D eigenvalue weighted by molar-refractivity contribution is 6.45. The van der Waals surface area contributed by atoms with Crippen molar-refractivity contribution in [1.82, 2.24) is 0 Å². The second kappa shape index (κ2) is 4.47. The van der Waals surface area contributed by atoms with Gasteiger partial charge in [0.05, 0.1) is 18.2 Å². The van der Waals surface area contributed by atoms with Gasteiger partial charge in [0, 0.05) is 6.61 Å². The zero-order valence-electron chi connectivity index (χ0n) is 12.9. The summed E-state index contributed by atoms with van der Waals surface area (Å²) in [7, 11) is -0.163. The molecule has 3 nitrogen and oxygen atoms in total. The van der Waals surface area contributed by atoms with Crippen LogP contribution < -0.4 is 0 Å². The summed E-state index contributed by atoms with van der Waals surface area (Å²) in [5.41, 5.74) is 0.326. The van der Waals surface area contributed by atoms with Gasteiger partial charge >= 0.3 is 7.12 Å². The van der Waals surface area contributed by atoms with E-state index in [1.54, 1.807) is 0 Å². The van der Waals surface area contributed by atoms with E-state index >= 15 is 0 Å². The lowest BCUT2D eigenvalue weighted by atomic mass is 9.43. The number of ether oxygens (including phenoxy) is 1. The third-order valence-electron chi connectivity index (χ3n) is 5.71. The van der Waals surface area contributed by atoms with E-state index in [1.807, 2.05) is 0 Å². The maximum atomic E-state index is 6.27. The Balaban J connectivity index is 1.61. The Bertz CT molecular complexity index is 357. The summed E-state index contributed by atoms with van der Waals surface area (Å²) < 4.78 is 18.1. The molecule has 3 aliphatic carbocycles. The van der Waals surface area contributed by atoms with Gasteiger partial charge in [-0.1, -0.05) is 27.7 Å². The van der Waals surface area contributed by atoms with Crippen LogP contribution in [0.25, 0.3) is 0 Å². The minimum atomic E-state index is -0.163. The van der Waals surface area contributed by atoms with Crippen LogP contribution in [-0.4, -0.2) is 31.9 Å². The molecule has 0 aromatic carbocycles. The molecule has 2 bridgehead atoms. The quantitative estimate of drug-likeness (QED) is 0.732. The van der Waals surface area contributed by atoms with Crippen LogP contribution in [-0.2, 0) is 14.0 Å². The Hall–Kier alpha value is -0.0551. The molecule has 4 atom stereocenters. The smallest absolute Gasteiger partial charge is 0.404 e. The molecule has 4 rings (SSSR count). The molecule has 1 heterocycles. The molecule has 1 aliphatic heterocycles. The van der Waals surface area contributed by atoms with Crippen LogP contribution >= 0.6 is 0 Å². The van der Waals surface area contributed by atoms with Gasteiger partial charge in [-0.15, -0.1) is 0 Å². The SMILES string of the molecule is CC(C)COCB1O[C@@H]2C[C@@H]3C[C@@H](C3(C)C)[C@]2(C)O1. The first kappa shape index (κ1) is 13.9. The Morgan fingerprint density at radius 3 is 2.63 bits per heavy atom. The molecule has 1 saturated heterocycles. The summed E-state index contributed by atoms with van der Waals surface area (Å²) in [6, 6.07) is 0. The summed E-state index contributed by atoms with van der Waals surface area (Å²) in [6.07, 6.45) is 2.74. The van der Waals surface area contributed by atoms with Crippen LogP contribution in [0.3, 0.4) is 0 Å². The molecule has 4 fully saturated rings. The molecule has 0 radical (unpaired) electrons.